The highest BCUT2D eigenvalue weighted by atomic mass is 16.5. The molecule has 3 unspecified atom stereocenters. The fourth-order valence-electron chi connectivity index (χ4n) is 2.52. The molecule has 1 aromatic rings. The Morgan fingerprint density at radius 1 is 1.27 bits per heavy atom. The SMILES string of the molecule is COc1ccc(CC(C)NC(=O)C2CC2C(=O)O)cc1OC. The number of amides is 1. The van der Waals surface area contributed by atoms with Crippen LogP contribution in [0.1, 0.15) is 18.9 Å². The summed E-state index contributed by atoms with van der Waals surface area (Å²) in [6.07, 6.45) is 1.07. The van der Waals surface area contributed by atoms with Crippen LogP contribution in [0.4, 0.5) is 0 Å². The van der Waals surface area contributed by atoms with E-state index in [1.54, 1.807) is 14.2 Å². The van der Waals surface area contributed by atoms with Crippen LogP contribution < -0.4 is 14.8 Å². The van der Waals surface area contributed by atoms with E-state index in [1.165, 1.54) is 0 Å². The van der Waals surface area contributed by atoms with Gasteiger partial charge in [0.1, 0.15) is 0 Å². The molecule has 22 heavy (non-hydrogen) atoms. The molecule has 0 radical (unpaired) electrons. The number of aliphatic carboxylic acids is 1. The average molecular weight is 307 g/mol. The lowest BCUT2D eigenvalue weighted by Gasteiger charge is -2.15. The van der Waals surface area contributed by atoms with Gasteiger partial charge in [-0.15, -0.1) is 0 Å². The molecule has 3 atom stereocenters. The van der Waals surface area contributed by atoms with Gasteiger partial charge in [-0.25, -0.2) is 0 Å². The molecule has 0 heterocycles. The first kappa shape index (κ1) is 16.1. The first-order chi connectivity index (χ1) is 10.5. The molecule has 0 saturated heterocycles. The van der Waals surface area contributed by atoms with Crippen LogP contribution in [0.3, 0.4) is 0 Å². The summed E-state index contributed by atoms with van der Waals surface area (Å²) in [5.74, 6) is -0.677. The standard InChI is InChI=1S/C16H21NO5/c1-9(17-15(18)11-8-12(11)16(19)20)6-10-4-5-13(21-2)14(7-10)22-3/h4-5,7,9,11-12H,6,8H2,1-3H3,(H,17,18)(H,19,20). The van der Waals surface area contributed by atoms with Crippen LogP contribution >= 0.6 is 0 Å². The second kappa shape index (κ2) is 6.68. The summed E-state index contributed by atoms with van der Waals surface area (Å²) in [7, 11) is 3.15. The van der Waals surface area contributed by atoms with E-state index in [0.29, 0.717) is 24.3 Å². The van der Waals surface area contributed by atoms with Crippen molar-refractivity contribution in [3.63, 3.8) is 0 Å². The van der Waals surface area contributed by atoms with Crippen LogP contribution in [0.2, 0.25) is 0 Å². The first-order valence-electron chi connectivity index (χ1n) is 7.20. The van der Waals surface area contributed by atoms with E-state index in [-0.39, 0.29) is 17.9 Å². The van der Waals surface area contributed by atoms with E-state index in [1.807, 2.05) is 25.1 Å². The Balaban J connectivity index is 1.91. The molecule has 0 aromatic heterocycles. The van der Waals surface area contributed by atoms with Gasteiger partial charge in [-0.05, 0) is 37.5 Å². The zero-order chi connectivity index (χ0) is 16.3. The number of carboxylic acids is 1. The van der Waals surface area contributed by atoms with Crippen LogP contribution in [-0.2, 0) is 16.0 Å². The van der Waals surface area contributed by atoms with Gasteiger partial charge in [0, 0.05) is 6.04 Å². The van der Waals surface area contributed by atoms with Crippen molar-refractivity contribution in [1.82, 2.24) is 5.32 Å². The lowest BCUT2D eigenvalue weighted by Crippen LogP contribution is -2.35. The highest BCUT2D eigenvalue weighted by Crippen LogP contribution is 2.38. The molecule has 120 valence electrons. The van der Waals surface area contributed by atoms with E-state index in [9.17, 15) is 9.59 Å². The molecule has 1 saturated carbocycles. The number of hydrogen-bond donors (Lipinski definition) is 2. The van der Waals surface area contributed by atoms with Crippen molar-refractivity contribution >= 4 is 11.9 Å². The quantitative estimate of drug-likeness (QED) is 0.797. The maximum absolute atomic E-state index is 11.9. The Kier molecular flexibility index (Phi) is 4.90. The molecule has 1 aliphatic carbocycles. The maximum atomic E-state index is 11.9. The molecule has 1 aliphatic rings. The van der Waals surface area contributed by atoms with Crippen LogP contribution in [0, 0.1) is 11.8 Å². The molecule has 1 fully saturated rings. The Hall–Kier alpha value is -2.24. The topological polar surface area (TPSA) is 84.9 Å². The fourth-order valence-corrected chi connectivity index (χ4v) is 2.52. The van der Waals surface area contributed by atoms with Gasteiger partial charge in [-0.3, -0.25) is 9.59 Å². The number of rotatable bonds is 7. The molecular weight excluding hydrogens is 286 g/mol. The Bertz CT molecular complexity index is 572. The third-order valence-corrected chi connectivity index (χ3v) is 3.82. The second-order valence-electron chi connectivity index (χ2n) is 5.59. The Morgan fingerprint density at radius 3 is 2.50 bits per heavy atom. The minimum absolute atomic E-state index is 0.0827. The van der Waals surface area contributed by atoms with E-state index in [0.717, 1.165) is 5.56 Å². The third-order valence-electron chi connectivity index (χ3n) is 3.82. The van der Waals surface area contributed by atoms with Crippen molar-refractivity contribution in [1.29, 1.82) is 0 Å². The summed E-state index contributed by atoms with van der Waals surface area (Å²) in [4.78, 5) is 22.7. The van der Waals surface area contributed by atoms with Crippen LogP contribution in [0.15, 0.2) is 18.2 Å². The molecular formula is C16H21NO5. The molecule has 6 heteroatoms. The average Bonchev–Trinajstić information content (AvgIpc) is 3.27. The van der Waals surface area contributed by atoms with Gasteiger partial charge in [0.15, 0.2) is 11.5 Å². The molecule has 0 spiro atoms. The first-order valence-corrected chi connectivity index (χ1v) is 7.20. The smallest absolute Gasteiger partial charge is 0.307 e. The minimum Gasteiger partial charge on any atom is -0.493 e. The van der Waals surface area contributed by atoms with E-state index >= 15 is 0 Å². The molecule has 0 aliphatic heterocycles. The van der Waals surface area contributed by atoms with Crippen molar-refractivity contribution in [3.05, 3.63) is 23.8 Å². The predicted molar refractivity (Wildman–Crippen MR) is 80.1 cm³/mol. The number of ether oxygens (including phenoxy) is 2. The zero-order valence-corrected chi connectivity index (χ0v) is 13.0. The lowest BCUT2D eigenvalue weighted by molar-refractivity contribution is -0.140. The van der Waals surface area contributed by atoms with Crippen molar-refractivity contribution in [2.24, 2.45) is 11.8 Å². The highest BCUT2D eigenvalue weighted by Gasteiger charge is 2.48. The molecule has 2 N–H and O–H groups in total. The van der Waals surface area contributed by atoms with Gasteiger partial charge >= 0.3 is 5.97 Å². The highest BCUT2D eigenvalue weighted by molar-refractivity contribution is 5.89. The Morgan fingerprint density at radius 2 is 1.95 bits per heavy atom. The van der Waals surface area contributed by atoms with Crippen molar-refractivity contribution in [3.8, 4) is 11.5 Å². The molecule has 0 bridgehead atoms. The lowest BCUT2D eigenvalue weighted by atomic mass is 10.1. The van der Waals surface area contributed by atoms with Crippen molar-refractivity contribution in [2.75, 3.05) is 14.2 Å². The molecule has 1 aromatic carbocycles. The summed E-state index contributed by atoms with van der Waals surface area (Å²) in [6.45, 7) is 1.90. The second-order valence-corrected chi connectivity index (χ2v) is 5.59. The Labute approximate surface area is 129 Å². The minimum atomic E-state index is -0.896. The van der Waals surface area contributed by atoms with Gasteiger partial charge in [-0.1, -0.05) is 6.07 Å². The molecule has 1 amide bonds. The number of nitrogens with one attached hydrogen (secondary N) is 1. The number of methoxy groups -OCH3 is 2. The van der Waals surface area contributed by atoms with Gasteiger partial charge in [0.25, 0.3) is 0 Å². The summed E-state index contributed by atoms with van der Waals surface area (Å²) in [5, 5.41) is 11.7. The molecule has 6 nitrogen and oxygen atoms in total. The molecule has 2 rings (SSSR count). The van der Waals surface area contributed by atoms with E-state index < -0.39 is 11.9 Å². The van der Waals surface area contributed by atoms with E-state index in [4.69, 9.17) is 14.6 Å². The summed E-state index contributed by atoms with van der Waals surface area (Å²) in [6, 6.07) is 5.53. The number of carboxylic acid groups (broad SMARTS) is 1. The van der Waals surface area contributed by atoms with Crippen LogP contribution in [0.5, 0.6) is 11.5 Å². The number of hydrogen-bond acceptors (Lipinski definition) is 4. The predicted octanol–water partition coefficient (Wildman–Crippen LogP) is 1.47. The van der Waals surface area contributed by atoms with Gasteiger partial charge in [0.2, 0.25) is 5.91 Å². The van der Waals surface area contributed by atoms with E-state index in [2.05, 4.69) is 5.32 Å². The van der Waals surface area contributed by atoms with Crippen molar-refractivity contribution in [2.45, 2.75) is 25.8 Å². The third kappa shape index (κ3) is 3.69. The zero-order valence-electron chi connectivity index (χ0n) is 13.0. The number of carbonyl (C=O) groups excluding carboxylic acids is 1. The summed E-state index contributed by atoms with van der Waals surface area (Å²) in [5.41, 5.74) is 1.01. The fraction of sp³-hybridized carbons (Fsp3) is 0.500. The summed E-state index contributed by atoms with van der Waals surface area (Å²) >= 11 is 0. The normalized spacial score (nSPS) is 20.9. The van der Waals surface area contributed by atoms with Gasteiger partial charge in [0.05, 0.1) is 26.1 Å². The van der Waals surface area contributed by atoms with Crippen LogP contribution in [-0.4, -0.2) is 37.2 Å². The monoisotopic (exact) mass is 307 g/mol. The summed E-state index contributed by atoms with van der Waals surface area (Å²) < 4.78 is 10.4. The number of carbonyl (C=O) groups is 2. The van der Waals surface area contributed by atoms with Gasteiger partial charge in [-0.2, -0.15) is 0 Å². The van der Waals surface area contributed by atoms with Gasteiger partial charge < -0.3 is 19.9 Å². The van der Waals surface area contributed by atoms with Crippen molar-refractivity contribution < 1.29 is 24.2 Å². The largest absolute Gasteiger partial charge is 0.493 e. The maximum Gasteiger partial charge on any atom is 0.307 e. The number of benzene rings is 1. The van der Waals surface area contributed by atoms with Crippen LogP contribution in [0.25, 0.3) is 0 Å².